The van der Waals surface area contributed by atoms with Crippen LogP contribution >= 0.6 is 12.2 Å². The predicted octanol–water partition coefficient (Wildman–Crippen LogP) is 3.49. The van der Waals surface area contributed by atoms with Crippen molar-refractivity contribution in [2.75, 3.05) is 6.54 Å². The molecule has 0 unspecified atom stereocenters. The predicted molar refractivity (Wildman–Crippen MR) is 93.5 cm³/mol. The standard InChI is InChI=1S/C16H26N4S/c1-4-5-6-8-13(2)11-18-16(21)20-19-14(3)15-9-7-10-17-12-15/h7,9-10,12-13H,4-6,8,11H2,1-3H3,(H2,18,20,21)/b19-14-/t13-/m0/s1. The van der Waals surface area contributed by atoms with E-state index >= 15 is 0 Å². The van der Waals surface area contributed by atoms with Crippen LogP contribution in [0.1, 0.15) is 52.0 Å². The van der Waals surface area contributed by atoms with Crippen molar-refractivity contribution < 1.29 is 0 Å². The van der Waals surface area contributed by atoms with E-state index in [2.05, 4.69) is 34.7 Å². The van der Waals surface area contributed by atoms with Gasteiger partial charge < -0.3 is 5.32 Å². The van der Waals surface area contributed by atoms with Crippen molar-refractivity contribution in [3.63, 3.8) is 0 Å². The van der Waals surface area contributed by atoms with Crippen molar-refractivity contribution in [2.45, 2.75) is 46.5 Å². The smallest absolute Gasteiger partial charge is 0.186 e. The molecule has 0 aliphatic rings. The average Bonchev–Trinajstić information content (AvgIpc) is 2.51. The minimum Gasteiger partial charge on any atom is -0.361 e. The molecule has 0 aliphatic heterocycles. The van der Waals surface area contributed by atoms with Crippen LogP contribution < -0.4 is 10.7 Å². The maximum atomic E-state index is 5.23. The fraction of sp³-hybridized carbons (Fsp3) is 0.562. The Balaban J connectivity index is 2.27. The summed E-state index contributed by atoms with van der Waals surface area (Å²) in [6, 6.07) is 3.86. The molecular formula is C16H26N4S. The van der Waals surface area contributed by atoms with Gasteiger partial charge in [-0.25, -0.2) is 0 Å². The highest BCUT2D eigenvalue weighted by atomic mass is 32.1. The lowest BCUT2D eigenvalue weighted by molar-refractivity contribution is 0.487. The van der Waals surface area contributed by atoms with Crippen molar-refractivity contribution in [1.29, 1.82) is 0 Å². The minimum atomic E-state index is 0.570. The van der Waals surface area contributed by atoms with E-state index in [1.807, 2.05) is 19.1 Å². The number of hydrazone groups is 1. The zero-order valence-corrected chi connectivity index (χ0v) is 14.0. The van der Waals surface area contributed by atoms with Crippen LogP contribution in [0.3, 0.4) is 0 Å². The Morgan fingerprint density at radius 1 is 1.43 bits per heavy atom. The second kappa shape index (κ2) is 10.3. The maximum absolute atomic E-state index is 5.23. The lowest BCUT2D eigenvalue weighted by atomic mass is 10.0. The first-order valence-electron chi connectivity index (χ1n) is 7.62. The molecule has 4 nitrogen and oxygen atoms in total. The quantitative estimate of drug-likeness (QED) is 0.334. The molecule has 0 spiro atoms. The minimum absolute atomic E-state index is 0.570. The van der Waals surface area contributed by atoms with Gasteiger partial charge in [-0.2, -0.15) is 5.10 Å². The largest absolute Gasteiger partial charge is 0.361 e. The van der Waals surface area contributed by atoms with Gasteiger partial charge in [-0.15, -0.1) is 0 Å². The first-order chi connectivity index (χ1) is 10.1. The Labute approximate surface area is 133 Å². The molecule has 1 atom stereocenters. The molecule has 0 fully saturated rings. The third kappa shape index (κ3) is 7.75. The number of thiocarbonyl (C=S) groups is 1. The summed E-state index contributed by atoms with van der Waals surface area (Å²) in [5.74, 6) is 0.625. The number of unbranched alkanes of at least 4 members (excludes halogenated alkanes) is 2. The van der Waals surface area contributed by atoms with E-state index in [-0.39, 0.29) is 0 Å². The Bertz CT molecular complexity index is 445. The third-order valence-corrected chi connectivity index (χ3v) is 3.55. The molecule has 21 heavy (non-hydrogen) atoms. The van der Waals surface area contributed by atoms with Crippen molar-refractivity contribution in [2.24, 2.45) is 11.0 Å². The van der Waals surface area contributed by atoms with Gasteiger partial charge in [0.15, 0.2) is 5.11 Å². The summed E-state index contributed by atoms with van der Waals surface area (Å²) < 4.78 is 0. The number of hydrogen-bond acceptors (Lipinski definition) is 3. The molecule has 1 rings (SSSR count). The van der Waals surface area contributed by atoms with Gasteiger partial charge >= 0.3 is 0 Å². The highest BCUT2D eigenvalue weighted by molar-refractivity contribution is 7.80. The van der Waals surface area contributed by atoms with Crippen molar-refractivity contribution in [1.82, 2.24) is 15.7 Å². The molecule has 0 saturated heterocycles. The number of rotatable bonds is 8. The molecule has 1 heterocycles. The summed E-state index contributed by atoms with van der Waals surface area (Å²) in [7, 11) is 0. The molecule has 1 aromatic heterocycles. The molecular weight excluding hydrogens is 280 g/mol. The summed E-state index contributed by atoms with van der Waals surface area (Å²) in [6.07, 6.45) is 8.63. The van der Waals surface area contributed by atoms with E-state index in [0.717, 1.165) is 17.8 Å². The second-order valence-electron chi connectivity index (χ2n) is 5.36. The Kier molecular flexibility index (Phi) is 8.59. The maximum Gasteiger partial charge on any atom is 0.186 e. The lowest BCUT2D eigenvalue weighted by Crippen LogP contribution is -2.35. The van der Waals surface area contributed by atoms with Crippen LogP contribution in [0.25, 0.3) is 0 Å². The number of nitrogens with one attached hydrogen (secondary N) is 2. The zero-order valence-electron chi connectivity index (χ0n) is 13.2. The van der Waals surface area contributed by atoms with Crippen LogP contribution in [0.15, 0.2) is 29.6 Å². The molecule has 1 aromatic rings. The fourth-order valence-corrected chi connectivity index (χ4v) is 2.06. The van der Waals surface area contributed by atoms with E-state index in [1.165, 1.54) is 25.7 Å². The molecule has 5 heteroatoms. The lowest BCUT2D eigenvalue weighted by Gasteiger charge is -2.13. The van der Waals surface area contributed by atoms with Gasteiger partial charge in [0.2, 0.25) is 0 Å². The molecule has 0 saturated carbocycles. The average molecular weight is 306 g/mol. The topological polar surface area (TPSA) is 49.3 Å². The monoisotopic (exact) mass is 306 g/mol. The second-order valence-corrected chi connectivity index (χ2v) is 5.77. The summed E-state index contributed by atoms with van der Waals surface area (Å²) in [5.41, 5.74) is 4.73. The molecule has 0 aliphatic carbocycles. The van der Waals surface area contributed by atoms with Gasteiger partial charge in [-0.1, -0.05) is 39.2 Å². The number of hydrogen-bond donors (Lipinski definition) is 2. The molecule has 0 aromatic carbocycles. The van der Waals surface area contributed by atoms with Gasteiger partial charge in [0.05, 0.1) is 5.71 Å². The van der Waals surface area contributed by atoms with Gasteiger partial charge in [0, 0.05) is 24.5 Å². The summed E-state index contributed by atoms with van der Waals surface area (Å²) in [4.78, 5) is 4.07. The third-order valence-electron chi connectivity index (χ3n) is 3.32. The van der Waals surface area contributed by atoms with Crippen LogP contribution in [-0.2, 0) is 0 Å². The van der Waals surface area contributed by atoms with Gasteiger partial charge in [-0.3, -0.25) is 10.4 Å². The SMILES string of the molecule is CCCCC[C@H](C)CNC(=S)N/N=C(/C)c1cccnc1. The number of aromatic nitrogens is 1. The van der Waals surface area contributed by atoms with Crippen LogP contribution in [0.2, 0.25) is 0 Å². The van der Waals surface area contributed by atoms with Crippen molar-refractivity contribution in [3.8, 4) is 0 Å². The Hall–Kier alpha value is -1.49. The summed E-state index contributed by atoms with van der Waals surface area (Å²) >= 11 is 5.23. The van der Waals surface area contributed by atoms with E-state index < -0.39 is 0 Å². The van der Waals surface area contributed by atoms with E-state index in [9.17, 15) is 0 Å². The Morgan fingerprint density at radius 2 is 2.24 bits per heavy atom. The van der Waals surface area contributed by atoms with Crippen molar-refractivity contribution in [3.05, 3.63) is 30.1 Å². The number of nitrogens with zero attached hydrogens (tertiary/aromatic N) is 2. The summed E-state index contributed by atoms with van der Waals surface area (Å²) in [5, 5.41) is 8.05. The molecule has 0 bridgehead atoms. The van der Waals surface area contributed by atoms with Gasteiger partial charge in [0.25, 0.3) is 0 Å². The van der Waals surface area contributed by atoms with E-state index in [0.29, 0.717) is 11.0 Å². The summed E-state index contributed by atoms with van der Waals surface area (Å²) in [6.45, 7) is 7.29. The zero-order chi connectivity index (χ0) is 15.5. The molecule has 0 amide bonds. The molecule has 116 valence electrons. The van der Waals surface area contributed by atoms with E-state index in [4.69, 9.17) is 12.2 Å². The highest BCUT2D eigenvalue weighted by Crippen LogP contribution is 2.07. The Morgan fingerprint density at radius 3 is 2.90 bits per heavy atom. The normalized spacial score (nSPS) is 12.8. The highest BCUT2D eigenvalue weighted by Gasteiger charge is 2.03. The first-order valence-corrected chi connectivity index (χ1v) is 8.02. The van der Waals surface area contributed by atoms with E-state index in [1.54, 1.807) is 12.4 Å². The van der Waals surface area contributed by atoms with Crippen LogP contribution in [0, 0.1) is 5.92 Å². The van der Waals surface area contributed by atoms with Gasteiger partial charge in [-0.05, 0) is 37.5 Å². The van der Waals surface area contributed by atoms with Crippen LogP contribution in [-0.4, -0.2) is 22.4 Å². The molecule has 0 radical (unpaired) electrons. The van der Waals surface area contributed by atoms with Crippen molar-refractivity contribution >= 4 is 23.0 Å². The fourth-order valence-electron chi connectivity index (χ4n) is 1.93. The molecule has 2 N–H and O–H groups in total. The first kappa shape index (κ1) is 17.6. The number of pyridine rings is 1. The van der Waals surface area contributed by atoms with Gasteiger partial charge in [0.1, 0.15) is 0 Å². The van der Waals surface area contributed by atoms with Crippen LogP contribution in [0.4, 0.5) is 0 Å². The van der Waals surface area contributed by atoms with Crippen LogP contribution in [0.5, 0.6) is 0 Å².